The SMILES string of the molecule is CCCCC[C@H]1C(=O)N(C)CC(=O)N[C@@H](CC(=O)O)C(=O)N[C@@H](C(C)C)C(=O)N(C)[C@@H](Cc2ccccc2)C(=O)N[C@@H](Cc2ccc(O)cc2)C(=O)[N+]2(C)CCC[C@H]2C(=O)N[C@@H](Cc2c[nH]c3ccccc23)C(=O)N[C@@H](Cc2ccc(O)cc2)C(=O)N[C@@H](CC(C)C)C(=O)N[C@H](C(=O)NCC(N)=O)CSCC(=O)N[C@@H](Cc2ccccc2)C(=O)N(C)[C@@H](Cc2ccccc2)C(=O)N1C. The predicted molar refractivity (Wildman–Crippen MR) is 498 cm³/mol. The van der Waals surface area contributed by atoms with Gasteiger partial charge in [-0.1, -0.05) is 187 Å². The number of aliphatic carboxylic acids is 1. The number of rotatable bonds is 24. The highest BCUT2D eigenvalue weighted by Crippen LogP contribution is 2.30. The number of amides is 15. The number of primary amides is 1. The Kier molecular flexibility index (Phi) is 38.1. The average Bonchev–Trinajstić information content (AvgIpc) is 1.65. The number of phenols is 2. The number of carboxylic acids is 1. The van der Waals surface area contributed by atoms with Crippen LogP contribution in [0.2, 0.25) is 0 Å². The number of aromatic nitrogens is 1. The van der Waals surface area contributed by atoms with Crippen molar-refractivity contribution in [3.63, 3.8) is 0 Å². The number of hydrogen-bond acceptors (Lipinski definition) is 19. The average molecular weight is 1850 g/mol. The maximum absolute atomic E-state index is 16.1. The summed E-state index contributed by atoms with van der Waals surface area (Å²) in [5.74, 6) is -16.9. The number of aromatic hydroxyl groups is 2. The summed E-state index contributed by atoms with van der Waals surface area (Å²) in [6, 6.07) is 26.5. The van der Waals surface area contributed by atoms with E-state index in [4.69, 9.17) is 5.73 Å². The summed E-state index contributed by atoms with van der Waals surface area (Å²) in [6.45, 7) is 7.12. The molecule has 2 aliphatic heterocycles. The number of unbranched alkanes of at least 4 members (excludes halogenated alkanes) is 2. The number of carbonyl (C=O) groups is 16. The highest BCUT2D eigenvalue weighted by molar-refractivity contribution is 8.00. The molecule has 712 valence electrons. The first-order valence-electron chi connectivity index (χ1n) is 44.8. The van der Waals surface area contributed by atoms with Gasteiger partial charge in [0.05, 0.1) is 38.9 Å². The summed E-state index contributed by atoms with van der Waals surface area (Å²) >= 11 is 0.837. The van der Waals surface area contributed by atoms with Crippen LogP contribution in [0.3, 0.4) is 0 Å². The van der Waals surface area contributed by atoms with Gasteiger partial charge >= 0.3 is 11.9 Å². The molecule has 7 aromatic rings. The molecule has 2 aliphatic rings. The topological polar surface area (TPSA) is 497 Å². The van der Waals surface area contributed by atoms with Crippen molar-refractivity contribution in [1.82, 2.24) is 72.4 Å². The van der Waals surface area contributed by atoms with Crippen molar-refractivity contribution in [3.8, 4) is 11.5 Å². The van der Waals surface area contributed by atoms with Crippen molar-refractivity contribution in [2.75, 3.05) is 66.4 Å². The standard InChI is InChI=1S/C97H124N16O19S/c1-11-12-16-34-77-94(129)109(6)55-82(117)101-73(52-84(119)120)90(125)108-85(59(4)5)96(131)111(8)78(49-61-28-19-14-20-29-61)91(126)106-75(48-64-38-42-67(115)43-39-64)97(132)113(10)44-25-35-80(113)92(127)105-72(51-65-53-99-69-33-24-23-32-68(65)69)89(124)104-71(46-63-36-40-66(114)41-37-63)88(123)103-70(45-58(2)3)87(122)107-76(86(121)100-54-81(98)116)56-133-57-83(118)102-74(47-60-26-17-13-18-27-60)93(128)112(9)79(95(130)110(77)7)50-62-30-21-15-22-31-62/h13-15,17-24,26-33,36-43,53,58-59,70-80,85,99H,11-12,16,25,34-35,44-52,54-57H2,1-10H3,(H13-,98,100,101,102,103,104,105,106,107,108,114,115,116,117,118,119,120,121,122,123,124,125,126,127)/p+1/t70-,71-,72-,73-,74-,75-,76-,77-,78-,79-,80-,85-,113?/m0/s1. The van der Waals surface area contributed by atoms with E-state index in [1.165, 1.54) is 93.6 Å². The quantitative estimate of drug-likeness (QED) is 0.0304. The Hall–Kier alpha value is -13.5. The number of para-hydroxylation sites is 1. The van der Waals surface area contributed by atoms with Crippen LogP contribution in [-0.2, 0) is 115 Å². The van der Waals surface area contributed by atoms with Gasteiger partial charge in [0, 0.05) is 102 Å². The molecule has 1 unspecified atom stereocenters. The van der Waals surface area contributed by atoms with Crippen LogP contribution < -0.4 is 53.6 Å². The van der Waals surface area contributed by atoms with Crippen LogP contribution in [0.25, 0.3) is 10.9 Å². The third-order valence-electron chi connectivity index (χ3n) is 24.1. The fraction of sp³-hybridized carbons (Fsp3) is 0.443. The van der Waals surface area contributed by atoms with E-state index in [2.05, 4.69) is 52.8 Å². The number of nitrogens with two attached hydrogens (primary N) is 1. The number of phenolic OH excluding ortho intramolecular Hbond substituents is 2. The van der Waals surface area contributed by atoms with Gasteiger partial charge in [0.1, 0.15) is 78.0 Å². The molecule has 36 heteroatoms. The molecule has 0 aliphatic carbocycles. The predicted octanol–water partition coefficient (Wildman–Crippen LogP) is 3.39. The van der Waals surface area contributed by atoms with Crippen LogP contribution in [0.4, 0.5) is 0 Å². The van der Waals surface area contributed by atoms with E-state index >= 15 is 47.9 Å². The molecule has 6 aromatic carbocycles. The number of quaternary nitrogens is 1. The number of nitrogens with zero attached hydrogens (tertiary/aromatic N) is 5. The lowest BCUT2D eigenvalue weighted by molar-refractivity contribution is -0.838. The Morgan fingerprint density at radius 1 is 0.504 bits per heavy atom. The number of fused-ring (bicyclic) bond motifs is 2. The smallest absolute Gasteiger partial charge is 0.336 e. The molecular formula is C97H125N16O19S+. The van der Waals surface area contributed by atoms with Gasteiger partial charge in [-0.05, 0) is 88.4 Å². The molecule has 9 rings (SSSR count). The van der Waals surface area contributed by atoms with Crippen LogP contribution in [0, 0.1) is 11.8 Å². The van der Waals surface area contributed by atoms with Gasteiger partial charge in [-0.3, -0.25) is 76.4 Å². The van der Waals surface area contributed by atoms with Crippen LogP contribution in [0.5, 0.6) is 11.5 Å². The maximum atomic E-state index is 16.1. The zero-order chi connectivity index (χ0) is 96.9. The number of hydrogen-bond donors (Lipinski definition) is 14. The molecular weight excluding hydrogens is 1730 g/mol. The van der Waals surface area contributed by atoms with E-state index < -0.39 is 203 Å². The number of thioether (sulfide) groups is 1. The van der Waals surface area contributed by atoms with Gasteiger partial charge in [-0.15, -0.1) is 11.8 Å². The number of carbonyl (C=O) groups excluding carboxylic acids is 15. The molecule has 133 heavy (non-hydrogen) atoms. The molecule has 15 N–H and O–H groups in total. The summed E-state index contributed by atoms with van der Waals surface area (Å²) in [6.07, 6.45) is 1.32. The molecule has 15 amide bonds. The van der Waals surface area contributed by atoms with Gasteiger partial charge in [0.15, 0.2) is 6.04 Å². The van der Waals surface area contributed by atoms with Gasteiger partial charge in [0.25, 0.3) is 5.91 Å². The van der Waals surface area contributed by atoms with Gasteiger partial charge in [-0.25, -0.2) is 4.79 Å². The second kappa shape index (κ2) is 49.1. The molecule has 0 spiro atoms. The van der Waals surface area contributed by atoms with E-state index in [-0.39, 0.29) is 93.9 Å². The first-order valence-corrected chi connectivity index (χ1v) is 45.9. The molecule has 0 saturated carbocycles. The van der Waals surface area contributed by atoms with E-state index in [0.29, 0.717) is 63.5 Å². The highest BCUT2D eigenvalue weighted by Gasteiger charge is 2.53. The van der Waals surface area contributed by atoms with Crippen LogP contribution >= 0.6 is 11.8 Å². The number of likely N-dealkylation sites (N-methyl/N-ethyl adjacent to an activating group) is 5. The van der Waals surface area contributed by atoms with Crippen molar-refractivity contribution < 1.29 is 96.5 Å². The Bertz CT molecular complexity index is 5240. The number of benzene rings is 6. The second-order valence-electron chi connectivity index (χ2n) is 35.1. The molecule has 3 heterocycles. The first kappa shape index (κ1) is 103. The van der Waals surface area contributed by atoms with Crippen molar-refractivity contribution in [1.29, 1.82) is 0 Å². The molecule has 2 fully saturated rings. The maximum Gasteiger partial charge on any atom is 0.336 e. The van der Waals surface area contributed by atoms with Gasteiger partial charge < -0.3 is 93.5 Å². The lowest BCUT2D eigenvalue weighted by Crippen LogP contribution is -2.66. The lowest BCUT2D eigenvalue weighted by atomic mass is 9.98. The van der Waals surface area contributed by atoms with Gasteiger partial charge in [0.2, 0.25) is 76.8 Å². The summed E-state index contributed by atoms with van der Waals surface area (Å²) in [4.78, 5) is 246. The third-order valence-corrected chi connectivity index (χ3v) is 25.2. The largest absolute Gasteiger partial charge is 0.508 e. The Morgan fingerprint density at radius 3 is 1.56 bits per heavy atom. The minimum absolute atomic E-state index is 0.0135. The molecule has 0 bridgehead atoms. The number of H-pyrrole nitrogens is 1. The van der Waals surface area contributed by atoms with Crippen LogP contribution in [0.15, 0.2) is 170 Å². The number of carboxylic acid groups (broad SMARTS) is 1. The summed E-state index contributed by atoms with van der Waals surface area (Å²) in [5, 5.41) is 56.4. The van der Waals surface area contributed by atoms with Crippen LogP contribution in [0.1, 0.15) is 119 Å². The minimum Gasteiger partial charge on any atom is -0.508 e. The zero-order valence-corrected chi connectivity index (χ0v) is 77.6. The van der Waals surface area contributed by atoms with E-state index in [1.54, 1.807) is 149 Å². The molecule has 1 aromatic heterocycles. The monoisotopic (exact) mass is 1850 g/mol. The van der Waals surface area contributed by atoms with E-state index in [9.17, 15) is 44.1 Å². The minimum atomic E-state index is -1.91. The van der Waals surface area contributed by atoms with Gasteiger partial charge in [-0.2, -0.15) is 0 Å². The fourth-order valence-electron chi connectivity index (χ4n) is 16.7. The second-order valence-corrected chi connectivity index (χ2v) is 36.2. The Morgan fingerprint density at radius 2 is 0.992 bits per heavy atom. The molecule has 13 atom stereocenters. The van der Waals surface area contributed by atoms with E-state index in [1.807, 2.05) is 6.92 Å². The summed E-state index contributed by atoms with van der Waals surface area (Å²) in [7, 11) is 6.86. The molecule has 35 nitrogen and oxygen atoms in total. The van der Waals surface area contributed by atoms with Crippen LogP contribution in [-0.4, -0.2) is 278 Å². The third kappa shape index (κ3) is 29.5. The zero-order valence-electron chi connectivity index (χ0n) is 76.8. The van der Waals surface area contributed by atoms with Crippen molar-refractivity contribution >= 4 is 117 Å². The summed E-state index contributed by atoms with van der Waals surface area (Å²) < 4.78 is -0.674. The van der Waals surface area contributed by atoms with Crippen molar-refractivity contribution in [3.05, 3.63) is 203 Å². The van der Waals surface area contributed by atoms with E-state index in [0.717, 1.165) is 21.6 Å². The fourth-order valence-corrected chi connectivity index (χ4v) is 17.5. The van der Waals surface area contributed by atoms with Crippen molar-refractivity contribution in [2.24, 2.45) is 17.6 Å². The lowest BCUT2D eigenvalue weighted by Gasteiger charge is -2.37. The normalized spacial score (nSPS) is 23.7. The highest BCUT2D eigenvalue weighted by atomic mass is 32.2. The first-order chi connectivity index (χ1) is 63.3. The molecule has 0 radical (unpaired) electrons. The van der Waals surface area contributed by atoms with Crippen molar-refractivity contribution in [2.45, 2.75) is 197 Å². The number of aromatic amines is 1. The molecule has 2 saturated heterocycles. The summed E-state index contributed by atoms with van der Waals surface area (Å²) in [5.41, 5.74) is 9.25. The number of nitrogens with one attached hydrogen (secondary N) is 10. The Balaban J connectivity index is 1.14. The Labute approximate surface area is 778 Å².